The van der Waals surface area contributed by atoms with Crippen molar-refractivity contribution in [2.24, 2.45) is 0 Å². The Labute approximate surface area is 118 Å². The molecule has 1 aromatic rings. The molecule has 0 bridgehead atoms. The number of rotatable bonds is 6. The van der Waals surface area contributed by atoms with Gasteiger partial charge in [-0.2, -0.15) is 13.2 Å². The minimum Gasteiger partial charge on any atom is -0.491 e. The third-order valence-corrected chi connectivity index (χ3v) is 3.65. The Morgan fingerprint density at radius 2 is 1.90 bits per heavy atom. The normalized spacial score (nSPS) is 12.4. The molecule has 1 rings (SSSR count). The highest BCUT2D eigenvalue weighted by atomic mass is 35.7. The minimum atomic E-state index is -4.37. The first-order valence-corrected chi connectivity index (χ1v) is 7.73. The first-order valence-electron chi connectivity index (χ1n) is 5.42. The molecule has 0 amide bonds. The van der Waals surface area contributed by atoms with Crippen LogP contribution in [0.15, 0.2) is 23.1 Å². The summed E-state index contributed by atoms with van der Waals surface area (Å²) >= 11 is 0. The zero-order chi connectivity index (χ0) is 15.4. The lowest BCUT2D eigenvalue weighted by atomic mass is 10.2. The van der Waals surface area contributed by atoms with Crippen molar-refractivity contribution >= 4 is 19.7 Å². The molecule has 0 aromatic heterocycles. The predicted octanol–water partition coefficient (Wildman–Crippen LogP) is 2.88. The number of ether oxygens (including phenoxy) is 2. The molecule has 0 fully saturated rings. The minimum absolute atomic E-state index is 0.0418. The Kier molecular flexibility index (Phi) is 5.67. The maximum absolute atomic E-state index is 11.8. The molecule has 20 heavy (non-hydrogen) atoms. The lowest BCUT2D eigenvalue weighted by molar-refractivity contribution is -0.175. The van der Waals surface area contributed by atoms with Crippen molar-refractivity contribution in [3.05, 3.63) is 23.8 Å². The molecule has 0 radical (unpaired) electrons. The molecule has 0 unspecified atom stereocenters. The fourth-order valence-corrected chi connectivity index (χ4v) is 2.59. The average molecular weight is 333 g/mol. The SMILES string of the molecule is Cc1cc(OCCOCC(F)(F)F)ccc1S(=O)(=O)Cl. The smallest absolute Gasteiger partial charge is 0.411 e. The standard InChI is InChI=1S/C11H12ClF3O4S/c1-8-6-9(2-3-10(8)20(12,16)17)19-5-4-18-7-11(13,14)15/h2-3,6H,4-5,7H2,1H3. The second-order valence-electron chi connectivity index (χ2n) is 3.88. The van der Waals surface area contributed by atoms with E-state index in [1.807, 2.05) is 0 Å². The van der Waals surface area contributed by atoms with Gasteiger partial charge in [-0.15, -0.1) is 0 Å². The van der Waals surface area contributed by atoms with Crippen LogP contribution < -0.4 is 4.74 Å². The van der Waals surface area contributed by atoms with E-state index >= 15 is 0 Å². The third kappa shape index (κ3) is 5.98. The third-order valence-electron chi connectivity index (χ3n) is 2.17. The van der Waals surface area contributed by atoms with Crippen molar-refractivity contribution in [1.29, 1.82) is 0 Å². The van der Waals surface area contributed by atoms with E-state index in [1.54, 1.807) is 0 Å². The second-order valence-corrected chi connectivity index (χ2v) is 6.42. The van der Waals surface area contributed by atoms with Crippen molar-refractivity contribution in [1.82, 2.24) is 0 Å². The fourth-order valence-electron chi connectivity index (χ4n) is 1.39. The monoisotopic (exact) mass is 332 g/mol. The highest BCUT2D eigenvalue weighted by Crippen LogP contribution is 2.23. The van der Waals surface area contributed by atoms with Gasteiger partial charge in [-0.25, -0.2) is 8.42 Å². The van der Waals surface area contributed by atoms with Crippen LogP contribution in [0.2, 0.25) is 0 Å². The Morgan fingerprint density at radius 3 is 2.40 bits per heavy atom. The van der Waals surface area contributed by atoms with Crippen LogP contribution in [0.25, 0.3) is 0 Å². The van der Waals surface area contributed by atoms with Gasteiger partial charge in [0.1, 0.15) is 19.0 Å². The van der Waals surface area contributed by atoms with Crippen molar-refractivity contribution in [3.63, 3.8) is 0 Å². The molecule has 0 saturated heterocycles. The number of alkyl halides is 3. The van der Waals surface area contributed by atoms with Gasteiger partial charge in [0.2, 0.25) is 0 Å². The van der Waals surface area contributed by atoms with Crippen molar-refractivity contribution in [2.45, 2.75) is 18.0 Å². The van der Waals surface area contributed by atoms with Gasteiger partial charge < -0.3 is 9.47 Å². The predicted molar refractivity (Wildman–Crippen MR) is 66.6 cm³/mol. The van der Waals surface area contributed by atoms with Crippen LogP contribution in [0.3, 0.4) is 0 Å². The lowest BCUT2D eigenvalue weighted by Crippen LogP contribution is -2.19. The first kappa shape index (κ1) is 17.1. The molecule has 0 saturated carbocycles. The summed E-state index contributed by atoms with van der Waals surface area (Å²) in [5.41, 5.74) is 0.383. The Hall–Kier alpha value is -0.990. The van der Waals surface area contributed by atoms with E-state index in [0.29, 0.717) is 11.3 Å². The molecular weight excluding hydrogens is 321 g/mol. The molecular formula is C11H12ClF3O4S. The number of benzene rings is 1. The van der Waals surface area contributed by atoms with E-state index in [9.17, 15) is 21.6 Å². The van der Waals surface area contributed by atoms with Crippen molar-refractivity contribution < 1.29 is 31.1 Å². The average Bonchev–Trinajstić information content (AvgIpc) is 2.25. The highest BCUT2D eigenvalue weighted by molar-refractivity contribution is 8.13. The van der Waals surface area contributed by atoms with Crippen LogP contribution in [-0.2, 0) is 13.8 Å². The summed E-state index contributed by atoms with van der Waals surface area (Å²) < 4.78 is 67.2. The number of hydrogen-bond donors (Lipinski definition) is 0. The van der Waals surface area contributed by atoms with E-state index < -0.39 is 21.8 Å². The van der Waals surface area contributed by atoms with E-state index in [2.05, 4.69) is 4.74 Å². The van der Waals surface area contributed by atoms with Crippen molar-refractivity contribution in [3.8, 4) is 5.75 Å². The van der Waals surface area contributed by atoms with Crippen LogP contribution in [0.4, 0.5) is 13.2 Å². The summed E-state index contributed by atoms with van der Waals surface area (Å²) in [4.78, 5) is -0.0418. The topological polar surface area (TPSA) is 52.6 Å². The van der Waals surface area contributed by atoms with Crippen LogP contribution in [-0.4, -0.2) is 34.4 Å². The Balaban J connectivity index is 2.49. The van der Waals surface area contributed by atoms with Gasteiger partial charge in [0.15, 0.2) is 0 Å². The quantitative estimate of drug-likeness (QED) is 0.594. The number of halogens is 4. The second kappa shape index (κ2) is 6.64. The summed E-state index contributed by atoms with van der Waals surface area (Å²) in [6.45, 7) is -0.113. The maximum Gasteiger partial charge on any atom is 0.411 e. The van der Waals surface area contributed by atoms with Gasteiger partial charge in [-0.05, 0) is 30.7 Å². The lowest BCUT2D eigenvalue weighted by Gasteiger charge is -2.10. The van der Waals surface area contributed by atoms with E-state index in [1.165, 1.54) is 25.1 Å². The zero-order valence-electron chi connectivity index (χ0n) is 10.4. The molecule has 0 aliphatic rings. The van der Waals surface area contributed by atoms with Gasteiger partial charge in [-0.1, -0.05) is 0 Å². The van der Waals surface area contributed by atoms with E-state index in [0.717, 1.165) is 0 Å². The summed E-state index contributed by atoms with van der Waals surface area (Å²) in [6, 6.07) is 4.06. The van der Waals surface area contributed by atoms with Gasteiger partial charge in [-0.3, -0.25) is 0 Å². The van der Waals surface area contributed by atoms with Gasteiger partial charge >= 0.3 is 6.18 Å². The fraction of sp³-hybridized carbons (Fsp3) is 0.455. The molecule has 9 heteroatoms. The first-order chi connectivity index (χ1) is 9.09. The van der Waals surface area contributed by atoms with Crippen molar-refractivity contribution in [2.75, 3.05) is 19.8 Å². The maximum atomic E-state index is 11.8. The molecule has 4 nitrogen and oxygen atoms in total. The molecule has 0 heterocycles. The summed E-state index contributed by atoms with van der Waals surface area (Å²) in [7, 11) is 1.38. The van der Waals surface area contributed by atoms with Crippen LogP contribution >= 0.6 is 10.7 Å². The highest BCUT2D eigenvalue weighted by Gasteiger charge is 2.27. The molecule has 0 aliphatic carbocycles. The summed E-state index contributed by atoms with van der Waals surface area (Å²) in [6.07, 6.45) is -4.37. The van der Waals surface area contributed by atoms with Crippen LogP contribution in [0.5, 0.6) is 5.75 Å². The largest absolute Gasteiger partial charge is 0.491 e. The Bertz CT molecular complexity index is 557. The number of aryl methyl sites for hydroxylation is 1. The van der Waals surface area contributed by atoms with Crippen LogP contribution in [0, 0.1) is 6.92 Å². The van der Waals surface area contributed by atoms with Crippen LogP contribution in [0.1, 0.15) is 5.56 Å². The Morgan fingerprint density at radius 1 is 1.25 bits per heavy atom. The van der Waals surface area contributed by atoms with Gasteiger partial charge in [0, 0.05) is 10.7 Å². The molecule has 0 aliphatic heterocycles. The van der Waals surface area contributed by atoms with E-state index in [-0.39, 0.29) is 18.1 Å². The zero-order valence-corrected chi connectivity index (χ0v) is 12.0. The molecule has 0 spiro atoms. The molecule has 1 aromatic carbocycles. The molecule has 114 valence electrons. The van der Waals surface area contributed by atoms with Gasteiger partial charge in [0.05, 0.1) is 11.5 Å². The van der Waals surface area contributed by atoms with Gasteiger partial charge in [0.25, 0.3) is 9.05 Å². The summed E-state index contributed by atoms with van der Waals surface area (Å²) in [5, 5.41) is 0. The molecule has 0 N–H and O–H groups in total. The van der Waals surface area contributed by atoms with E-state index in [4.69, 9.17) is 15.4 Å². The number of hydrogen-bond acceptors (Lipinski definition) is 4. The molecule has 0 atom stereocenters. The summed E-state index contributed by atoms with van der Waals surface area (Å²) in [5.74, 6) is 0.321.